The highest BCUT2D eigenvalue weighted by atomic mass is 19.1. The topological polar surface area (TPSA) is 151 Å². The van der Waals surface area contributed by atoms with Crippen molar-refractivity contribution in [2.75, 3.05) is 10.9 Å². The molecule has 0 radical (unpaired) electrons. The Morgan fingerprint density at radius 2 is 1.52 bits per heavy atom. The van der Waals surface area contributed by atoms with Gasteiger partial charge in [-0.1, -0.05) is 29.8 Å². The molecule has 4 N–H and O–H groups in total. The molecule has 0 spiro atoms. The van der Waals surface area contributed by atoms with Gasteiger partial charge in [0.1, 0.15) is 12.1 Å². The van der Waals surface area contributed by atoms with Crippen molar-refractivity contribution < 1.29 is 18.9 Å². The number of hydrazine groups is 2. The van der Waals surface area contributed by atoms with Crippen LogP contribution < -0.4 is 21.7 Å². The van der Waals surface area contributed by atoms with Crippen molar-refractivity contribution in [2.45, 2.75) is 6.92 Å². The zero-order valence-electron chi connectivity index (χ0n) is 16.0. The molecule has 0 fully saturated rings. The van der Waals surface area contributed by atoms with Gasteiger partial charge in [0, 0.05) is 5.56 Å². The highest BCUT2D eigenvalue weighted by Gasteiger charge is 2.24. The highest BCUT2D eigenvalue weighted by Crippen LogP contribution is 2.27. The second-order valence-electron chi connectivity index (χ2n) is 6.18. The van der Waals surface area contributed by atoms with Gasteiger partial charge < -0.3 is 0 Å². The van der Waals surface area contributed by atoms with E-state index in [-0.39, 0.29) is 17.2 Å². The first-order chi connectivity index (χ1) is 14.9. The molecular formula is C19H16FN7O4. The summed E-state index contributed by atoms with van der Waals surface area (Å²) in [5.74, 6) is -2.89. The van der Waals surface area contributed by atoms with Gasteiger partial charge in [0.2, 0.25) is 11.6 Å². The maximum Gasteiger partial charge on any atom is 0.356 e. The smallest absolute Gasteiger partial charge is 0.276 e. The second-order valence-corrected chi connectivity index (χ2v) is 6.18. The lowest BCUT2D eigenvalue weighted by Gasteiger charge is -2.12. The fourth-order valence-corrected chi connectivity index (χ4v) is 2.46. The molecule has 1 heterocycles. The molecule has 12 heteroatoms. The molecule has 31 heavy (non-hydrogen) atoms. The molecule has 3 aromatic rings. The molecular weight excluding hydrogens is 409 g/mol. The molecule has 0 saturated heterocycles. The summed E-state index contributed by atoms with van der Waals surface area (Å²) in [6, 6.07) is 11.9. The van der Waals surface area contributed by atoms with Crippen LogP contribution in [0.3, 0.4) is 0 Å². The largest absolute Gasteiger partial charge is 0.356 e. The number of carbonyl (C=O) groups excluding carboxylic acids is 2. The summed E-state index contributed by atoms with van der Waals surface area (Å²) in [7, 11) is 0. The zero-order valence-corrected chi connectivity index (χ0v) is 16.0. The standard InChI is InChI=1S/C19H16FN7O4/c1-11-6-8-12(9-7-11)18(28)25-23-16-15(27(30)31)17(22-10-21-16)24-26-19(29)13-4-2-3-5-14(13)20/h2-10H,1H3,(H,25,28)(H,26,29)(H2,21,22,23,24). The Bertz CT molecular complexity index is 1140. The van der Waals surface area contributed by atoms with Crippen molar-refractivity contribution in [1.29, 1.82) is 0 Å². The number of benzene rings is 2. The molecule has 158 valence electrons. The van der Waals surface area contributed by atoms with Crippen LogP contribution in [-0.2, 0) is 0 Å². The van der Waals surface area contributed by atoms with Crippen LogP contribution in [0.25, 0.3) is 0 Å². The highest BCUT2D eigenvalue weighted by molar-refractivity contribution is 5.96. The molecule has 11 nitrogen and oxygen atoms in total. The summed E-state index contributed by atoms with van der Waals surface area (Å²) < 4.78 is 13.7. The maximum absolute atomic E-state index is 13.7. The summed E-state index contributed by atoms with van der Waals surface area (Å²) in [6.45, 7) is 1.86. The normalized spacial score (nSPS) is 10.1. The van der Waals surface area contributed by atoms with Crippen molar-refractivity contribution in [3.8, 4) is 0 Å². The Hall–Kier alpha value is -4.61. The molecule has 3 rings (SSSR count). The first-order valence-corrected chi connectivity index (χ1v) is 8.80. The average molecular weight is 425 g/mol. The van der Waals surface area contributed by atoms with E-state index in [4.69, 9.17) is 0 Å². The van der Waals surface area contributed by atoms with Crippen molar-refractivity contribution in [1.82, 2.24) is 20.8 Å². The minimum Gasteiger partial charge on any atom is -0.276 e. The van der Waals surface area contributed by atoms with Gasteiger partial charge >= 0.3 is 5.69 Å². The van der Waals surface area contributed by atoms with E-state index < -0.39 is 28.2 Å². The number of nitrogens with zero attached hydrogens (tertiary/aromatic N) is 3. The van der Waals surface area contributed by atoms with Gasteiger partial charge in [-0.15, -0.1) is 0 Å². The summed E-state index contributed by atoms with van der Waals surface area (Å²) in [5.41, 5.74) is 9.45. The third-order valence-electron chi connectivity index (χ3n) is 4.03. The molecule has 0 atom stereocenters. The van der Waals surface area contributed by atoms with Crippen molar-refractivity contribution in [2.24, 2.45) is 0 Å². The van der Waals surface area contributed by atoms with E-state index in [1.165, 1.54) is 18.2 Å². The quantitative estimate of drug-likeness (QED) is 0.333. The molecule has 0 aliphatic rings. The molecule has 0 saturated carbocycles. The van der Waals surface area contributed by atoms with Crippen LogP contribution in [0, 0.1) is 22.9 Å². The zero-order chi connectivity index (χ0) is 22.4. The Morgan fingerprint density at radius 3 is 2.10 bits per heavy atom. The summed E-state index contributed by atoms with van der Waals surface area (Å²) in [6.07, 6.45) is 0.977. The third-order valence-corrected chi connectivity index (χ3v) is 4.03. The Morgan fingerprint density at radius 1 is 0.935 bits per heavy atom. The van der Waals surface area contributed by atoms with E-state index in [2.05, 4.69) is 31.7 Å². The summed E-state index contributed by atoms with van der Waals surface area (Å²) in [5, 5.41) is 11.5. The molecule has 2 amide bonds. The number of nitrogens with one attached hydrogen (secondary N) is 4. The maximum atomic E-state index is 13.7. The predicted molar refractivity (Wildman–Crippen MR) is 108 cm³/mol. The second kappa shape index (κ2) is 9.26. The van der Waals surface area contributed by atoms with Gasteiger partial charge in [0.15, 0.2) is 0 Å². The van der Waals surface area contributed by atoms with Crippen molar-refractivity contribution in [3.63, 3.8) is 0 Å². The Balaban J connectivity index is 1.74. The lowest BCUT2D eigenvalue weighted by molar-refractivity contribution is -0.383. The van der Waals surface area contributed by atoms with Crippen LogP contribution in [0.1, 0.15) is 26.3 Å². The monoisotopic (exact) mass is 425 g/mol. The Labute approximate surface area is 174 Å². The van der Waals surface area contributed by atoms with Gasteiger partial charge in [-0.2, -0.15) is 0 Å². The average Bonchev–Trinajstić information content (AvgIpc) is 2.76. The number of aryl methyl sites for hydroxylation is 1. The molecule has 1 aromatic heterocycles. The number of nitro groups is 1. The summed E-state index contributed by atoms with van der Waals surface area (Å²) in [4.78, 5) is 42.5. The van der Waals surface area contributed by atoms with Crippen LogP contribution >= 0.6 is 0 Å². The molecule has 0 bridgehead atoms. The van der Waals surface area contributed by atoms with E-state index in [0.29, 0.717) is 5.56 Å². The van der Waals surface area contributed by atoms with Crippen LogP contribution in [0.4, 0.5) is 21.7 Å². The number of carbonyl (C=O) groups is 2. The number of hydrogen-bond acceptors (Lipinski definition) is 8. The van der Waals surface area contributed by atoms with Crippen LogP contribution in [-0.4, -0.2) is 26.7 Å². The first-order valence-electron chi connectivity index (χ1n) is 8.80. The van der Waals surface area contributed by atoms with Crippen molar-refractivity contribution in [3.05, 3.63) is 87.5 Å². The number of aromatic nitrogens is 2. The number of halogens is 1. The van der Waals surface area contributed by atoms with Gasteiger partial charge in [-0.05, 0) is 31.2 Å². The summed E-state index contributed by atoms with van der Waals surface area (Å²) >= 11 is 0. The fourth-order valence-electron chi connectivity index (χ4n) is 2.46. The third kappa shape index (κ3) is 5.06. The van der Waals surface area contributed by atoms with Gasteiger partial charge in [-0.25, -0.2) is 14.4 Å². The number of amides is 2. The molecule has 0 unspecified atom stereocenters. The van der Waals surface area contributed by atoms with Crippen LogP contribution in [0.2, 0.25) is 0 Å². The number of anilines is 2. The number of hydrogen-bond donors (Lipinski definition) is 4. The van der Waals surface area contributed by atoms with Gasteiger partial charge in [0.25, 0.3) is 11.8 Å². The molecule has 0 aliphatic heterocycles. The Kier molecular flexibility index (Phi) is 6.30. The number of rotatable bonds is 7. The van der Waals surface area contributed by atoms with E-state index in [1.807, 2.05) is 6.92 Å². The first kappa shape index (κ1) is 21.1. The van der Waals surface area contributed by atoms with E-state index in [1.54, 1.807) is 24.3 Å². The SMILES string of the molecule is Cc1ccc(C(=O)NNc2ncnc(NNC(=O)c3ccccc3F)c2[N+](=O)[O-])cc1. The lowest BCUT2D eigenvalue weighted by atomic mass is 10.1. The minimum atomic E-state index is -0.867. The van der Waals surface area contributed by atoms with Crippen LogP contribution in [0.5, 0.6) is 0 Å². The fraction of sp³-hybridized carbons (Fsp3) is 0.0526. The van der Waals surface area contributed by atoms with Crippen molar-refractivity contribution >= 4 is 29.1 Å². The van der Waals surface area contributed by atoms with E-state index in [0.717, 1.165) is 18.0 Å². The lowest BCUT2D eigenvalue weighted by Crippen LogP contribution is -2.32. The predicted octanol–water partition coefficient (Wildman–Crippen LogP) is 2.35. The molecule has 2 aromatic carbocycles. The van der Waals surface area contributed by atoms with Gasteiger partial charge in [-0.3, -0.25) is 41.4 Å². The van der Waals surface area contributed by atoms with Gasteiger partial charge in [0.05, 0.1) is 10.5 Å². The minimum absolute atomic E-state index is 0.268. The van der Waals surface area contributed by atoms with E-state index in [9.17, 15) is 24.1 Å². The molecule has 0 aliphatic carbocycles. The van der Waals surface area contributed by atoms with Crippen LogP contribution in [0.15, 0.2) is 54.9 Å². The van der Waals surface area contributed by atoms with E-state index >= 15 is 0 Å².